The van der Waals surface area contributed by atoms with E-state index >= 15 is 0 Å². The summed E-state index contributed by atoms with van der Waals surface area (Å²) >= 11 is 3.46. The molecule has 2 aliphatic heterocycles. The Kier molecular flexibility index (Phi) is 2.79. The average molecular weight is 292 g/mol. The summed E-state index contributed by atoms with van der Waals surface area (Å²) in [6, 6.07) is 8.39. The lowest BCUT2D eigenvalue weighted by molar-refractivity contribution is 0.0688. The predicted molar refractivity (Wildman–Crippen MR) is 70.9 cm³/mol. The highest BCUT2D eigenvalue weighted by atomic mass is 79.9. The first kappa shape index (κ1) is 11.0. The lowest BCUT2D eigenvalue weighted by Crippen LogP contribution is -2.42. The molecule has 1 aromatic carbocycles. The number of amides is 1. The van der Waals surface area contributed by atoms with E-state index in [4.69, 9.17) is 0 Å². The highest BCUT2D eigenvalue weighted by molar-refractivity contribution is 9.10. The van der Waals surface area contributed by atoms with Gasteiger partial charge in [0, 0.05) is 10.5 Å². The van der Waals surface area contributed by atoms with E-state index in [0.29, 0.717) is 12.1 Å². The van der Waals surface area contributed by atoms with Gasteiger partial charge in [-0.25, -0.2) is 0 Å². The number of nitrogens with zero attached hydrogens (tertiary/aromatic N) is 1. The van der Waals surface area contributed by atoms with E-state index in [-0.39, 0.29) is 5.91 Å². The minimum Gasteiger partial charge on any atom is -0.329 e. The molecular weight excluding hydrogens is 278 g/mol. The zero-order chi connectivity index (χ0) is 11.8. The maximum absolute atomic E-state index is 12.5. The lowest BCUT2D eigenvalue weighted by atomic mass is 10.1. The van der Waals surface area contributed by atoms with Crippen molar-refractivity contribution in [1.82, 2.24) is 4.90 Å². The fraction of sp³-hybridized carbons (Fsp3) is 0.357. The summed E-state index contributed by atoms with van der Waals surface area (Å²) in [7, 11) is 0. The van der Waals surface area contributed by atoms with Gasteiger partial charge in [0.1, 0.15) is 0 Å². The van der Waals surface area contributed by atoms with Crippen molar-refractivity contribution >= 4 is 21.8 Å². The van der Waals surface area contributed by atoms with Gasteiger partial charge in [0.05, 0.1) is 11.6 Å². The largest absolute Gasteiger partial charge is 0.329 e. The van der Waals surface area contributed by atoms with Gasteiger partial charge in [-0.15, -0.1) is 0 Å². The molecule has 0 saturated carbocycles. The second-order valence-electron chi connectivity index (χ2n) is 4.65. The Morgan fingerprint density at radius 1 is 1.29 bits per heavy atom. The first-order valence-corrected chi connectivity index (χ1v) is 6.80. The van der Waals surface area contributed by atoms with Crippen LogP contribution in [0.2, 0.25) is 0 Å². The molecule has 1 fully saturated rings. The van der Waals surface area contributed by atoms with Gasteiger partial charge in [-0.3, -0.25) is 4.79 Å². The SMILES string of the molecule is O=C(c1ccccc1Br)N1C2C=CCC1CC2. The van der Waals surface area contributed by atoms with Crippen LogP contribution in [0.15, 0.2) is 40.9 Å². The highest BCUT2D eigenvalue weighted by Gasteiger charge is 2.37. The van der Waals surface area contributed by atoms with Crippen LogP contribution < -0.4 is 0 Å². The van der Waals surface area contributed by atoms with Crippen LogP contribution in [-0.2, 0) is 0 Å². The van der Waals surface area contributed by atoms with Crippen molar-refractivity contribution in [2.75, 3.05) is 0 Å². The highest BCUT2D eigenvalue weighted by Crippen LogP contribution is 2.33. The molecule has 17 heavy (non-hydrogen) atoms. The number of hydrogen-bond donors (Lipinski definition) is 0. The summed E-state index contributed by atoms with van der Waals surface area (Å²) in [4.78, 5) is 14.6. The minimum absolute atomic E-state index is 0.161. The Bertz CT molecular complexity index is 483. The number of fused-ring (bicyclic) bond motifs is 2. The van der Waals surface area contributed by atoms with Gasteiger partial charge in [0.25, 0.3) is 5.91 Å². The number of rotatable bonds is 1. The third-order valence-corrected chi connectivity index (χ3v) is 4.34. The van der Waals surface area contributed by atoms with Crippen LogP contribution in [0.5, 0.6) is 0 Å². The van der Waals surface area contributed by atoms with Crippen LogP contribution in [0.3, 0.4) is 0 Å². The zero-order valence-electron chi connectivity index (χ0n) is 9.47. The molecule has 1 saturated heterocycles. The minimum atomic E-state index is 0.161. The molecule has 0 N–H and O–H groups in total. The molecule has 2 nitrogen and oxygen atoms in total. The molecule has 2 atom stereocenters. The Morgan fingerprint density at radius 2 is 2.12 bits per heavy atom. The van der Waals surface area contributed by atoms with E-state index in [1.165, 1.54) is 0 Å². The fourth-order valence-electron chi connectivity index (χ4n) is 2.82. The third kappa shape index (κ3) is 1.82. The molecule has 2 unspecified atom stereocenters. The van der Waals surface area contributed by atoms with Gasteiger partial charge in [0.15, 0.2) is 0 Å². The summed E-state index contributed by atoms with van der Waals surface area (Å²) in [6.07, 6.45) is 7.64. The maximum Gasteiger partial charge on any atom is 0.255 e. The summed E-state index contributed by atoms with van der Waals surface area (Å²) in [5.41, 5.74) is 0.778. The molecular formula is C14H14BrNO. The normalized spacial score (nSPS) is 26.3. The first-order valence-electron chi connectivity index (χ1n) is 6.01. The van der Waals surface area contributed by atoms with Crippen molar-refractivity contribution in [2.45, 2.75) is 31.3 Å². The van der Waals surface area contributed by atoms with E-state index < -0.39 is 0 Å². The van der Waals surface area contributed by atoms with E-state index in [2.05, 4.69) is 33.0 Å². The van der Waals surface area contributed by atoms with Crippen LogP contribution in [0.1, 0.15) is 29.6 Å². The Balaban J connectivity index is 1.93. The Labute approximate surface area is 109 Å². The van der Waals surface area contributed by atoms with Crippen LogP contribution >= 0.6 is 15.9 Å². The molecule has 0 spiro atoms. The van der Waals surface area contributed by atoms with E-state index in [9.17, 15) is 4.79 Å². The molecule has 2 bridgehead atoms. The summed E-state index contributed by atoms with van der Waals surface area (Å²) in [6.45, 7) is 0. The standard InChI is InChI=1S/C14H14BrNO/c15-13-7-2-1-6-12(13)14(17)16-10-4-3-5-11(16)9-8-10/h1-4,6-7,10-11H,5,8-9H2. The molecule has 3 rings (SSSR count). The summed E-state index contributed by atoms with van der Waals surface area (Å²) in [5.74, 6) is 0.161. The van der Waals surface area contributed by atoms with Gasteiger partial charge in [-0.2, -0.15) is 0 Å². The molecule has 2 aliphatic rings. The van der Waals surface area contributed by atoms with Crippen molar-refractivity contribution < 1.29 is 4.79 Å². The molecule has 0 aliphatic carbocycles. The topological polar surface area (TPSA) is 20.3 Å². The summed E-state index contributed by atoms with van der Waals surface area (Å²) < 4.78 is 0.888. The second-order valence-corrected chi connectivity index (χ2v) is 5.51. The average Bonchev–Trinajstić information content (AvgIpc) is 2.59. The molecule has 0 aromatic heterocycles. The van der Waals surface area contributed by atoms with Gasteiger partial charge in [-0.1, -0.05) is 24.3 Å². The monoisotopic (exact) mass is 291 g/mol. The zero-order valence-corrected chi connectivity index (χ0v) is 11.1. The molecule has 3 heteroatoms. The molecule has 88 valence electrons. The van der Waals surface area contributed by atoms with Crippen molar-refractivity contribution in [3.63, 3.8) is 0 Å². The smallest absolute Gasteiger partial charge is 0.255 e. The number of hydrogen-bond acceptors (Lipinski definition) is 1. The van der Waals surface area contributed by atoms with Crippen LogP contribution in [0.4, 0.5) is 0 Å². The van der Waals surface area contributed by atoms with Crippen molar-refractivity contribution in [3.05, 3.63) is 46.5 Å². The summed E-state index contributed by atoms with van der Waals surface area (Å²) in [5, 5.41) is 0. The van der Waals surface area contributed by atoms with Crippen molar-refractivity contribution in [3.8, 4) is 0 Å². The fourth-order valence-corrected chi connectivity index (χ4v) is 3.27. The lowest BCUT2D eigenvalue weighted by Gasteiger charge is -2.31. The molecule has 0 radical (unpaired) electrons. The predicted octanol–water partition coefficient (Wildman–Crippen LogP) is 3.38. The number of carbonyl (C=O) groups is 1. The number of carbonyl (C=O) groups excluding carboxylic acids is 1. The quantitative estimate of drug-likeness (QED) is 0.727. The number of halogens is 1. The molecule has 2 heterocycles. The first-order chi connectivity index (χ1) is 8.27. The Morgan fingerprint density at radius 3 is 2.88 bits per heavy atom. The molecule has 1 aromatic rings. The van der Waals surface area contributed by atoms with E-state index in [1.54, 1.807) is 0 Å². The van der Waals surface area contributed by atoms with Crippen molar-refractivity contribution in [2.24, 2.45) is 0 Å². The Hall–Kier alpha value is -1.09. The van der Waals surface area contributed by atoms with Crippen LogP contribution in [0.25, 0.3) is 0 Å². The maximum atomic E-state index is 12.5. The van der Waals surface area contributed by atoms with Crippen LogP contribution in [0, 0.1) is 0 Å². The van der Waals surface area contributed by atoms with Crippen molar-refractivity contribution in [1.29, 1.82) is 0 Å². The van der Waals surface area contributed by atoms with E-state index in [1.807, 2.05) is 24.3 Å². The van der Waals surface area contributed by atoms with Crippen LogP contribution in [-0.4, -0.2) is 22.9 Å². The number of benzene rings is 1. The van der Waals surface area contributed by atoms with Gasteiger partial charge in [0.2, 0.25) is 0 Å². The van der Waals surface area contributed by atoms with Gasteiger partial charge >= 0.3 is 0 Å². The van der Waals surface area contributed by atoms with Gasteiger partial charge in [-0.05, 0) is 47.3 Å². The second kappa shape index (κ2) is 4.30. The van der Waals surface area contributed by atoms with Gasteiger partial charge < -0.3 is 4.90 Å². The van der Waals surface area contributed by atoms with E-state index in [0.717, 1.165) is 29.3 Å². The molecule has 1 amide bonds. The third-order valence-electron chi connectivity index (χ3n) is 3.65.